The largest absolute Gasteiger partial charge is 0.439 e. The predicted octanol–water partition coefficient (Wildman–Crippen LogP) is 6.33. The molecule has 43 heavy (non-hydrogen) atoms. The Morgan fingerprint density at radius 1 is 0.953 bits per heavy atom. The summed E-state index contributed by atoms with van der Waals surface area (Å²) in [4.78, 5) is 33.6. The molecule has 4 fully saturated rings. The summed E-state index contributed by atoms with van der Waals surface area (Å²) < 4.78 is 6.78. The SMILES string of the molecule is CCCCc1nc(C)n(CC23CC4CC(CC(C4)C2)C3)c(=O)c1Cc1ccc(-c2ccccc2-c2noc(=O)[nH]2)cc1.[Na]. The first-order valence-electron chi connectivity index (χ1n) is 15.7. The van der Waals surface area contributed by atoms with Gasteiger partial charge in [0, 0.05) is 53.6 Å². The van der Waals surface area contributed by atoms with E-state index >= 15 is 0 Å². The molecule has 0 spiro atoms. The van der Waals surface area contributed by atoms with Gasteiger partial charge in [-0.25, -0.2) is 9.78 Å². The van der Waals surface area contributed by atoms with Crippen molar-refractivity contribution in [2.45, 2.75) is 84.6 Å². The Balaban J connectivity index is 0.00000329. The van der Waals surface area contributed by atoms with E-state index in [1.807, 2.05) is 35.8 Å². The average Bonchev–Trinajstić information content (AvgIpc) is 3.41. The first kappa shape index (κ1) is 30.3. The fraction of sp³-hybridized carbons (Fsp3) is 0.486. The molecule has 0 unspecified atom stereocenters. The summed E-state index contributed by atoms with van der Waals surface area (Å²) in [6.07, 6.45) is 11.6. The number of aromatic nitrogens is 4. The van der Waals surface area contributed by atoms with Crippen LogP contribution in [0.3, 0.4) is 0 Å². The van der Waals surface area contributed by atoms with Gasteiger partial charge in [-0.2, -0.15) is 0 Å². The molecule has 4 aliphatic rings. The number of hydrogen-bond acceptors (Lipinski definition) is 5. The van der Waals surface area contributed by atoms with Crippen molar-refractivity contribution in [1.82, 2.24) is 19.7 Å². The van der Waals surface area contributed by atoms with E-state index in [1.165, 1.54) is 38.5 Å². The van der Waals surface area contributed by atoms with Gasteiger partial charge in [-0.15, -0.1) is 0 Å². The molecule has 4 aromatic rings. The zero-order valence-corrected chi connectivity index (χ0v) is 27.7. The number of aryl methyl sites for hydroxylation is 2. The average molecular weight is 588 g/mol. The predicted molar refractivity (Wildman–Crippen MR) is 169 cm³/mol. The van der Waals surface area contributed by atoms with Crippen LogP contribution < -0.4 is 11.3 Å². The molecule has 8 heteroatoms. The van der Waals surface area contributed by atoms with Crippen LogP contribution in [0.2, 0.25) is 0 Å². The zero-order valence-electron chi connectivity index (χ0n) is 25.7. The smallest absolute Gasteiger partial charge is 0.296 e. The Kier molecular flexibility index (Phi) is 8.69. The van der Waals surface area contributed by atoms with E-state index in [9.17, 15) is 9.59 Å². The van der Waals surface area contributed by atoms with Crippen LogP contribution in [0.4, 0.5) is 0 Å². The van der Waals surface area contributed by atoms with E-state index in [0.717, 1.165) is 82.9 Å². The molecule has 4 saturated carbocycles. The molecule has 7 nitrogen and oxygen atoms in total. The normalized spacial score (nSPS) is 23.8. The topological polar surface area (TPSA) is 93.8 Å². The molecule has 2 aromatic heterocycles. The van der Waals surface area contributed by atoms with E-state index in [2.05, 4.69) is 41.3 Å². The quantitative estimate of drug-likeness (QED) is 0.231. The second kappa shape index (κ2) is 12.3. The Morgan fingerprint density at radius 2 is 1.60 bits per heavy atom. The van der Waals surface area contributed by atoms with Crippen LogP contribution in [0.5, 0.6) is 0 Å². The summed E-state index contributed by atoms with van der Waals surface area (Å²) in [7, 11) is 0. The number of aromatic amines is 1. The van der Waals surface area contributed by atoms with E-state index in [-0.39, 0.29) is 40.5 Å². The second-order valence-electron chi connectivity index (χ2n) is 13.4. The number of unbranched alkanes of at least 4 members (excludes halogenated alkanes) is 1. The maximum absolute atomic E-state index is 14.3. The summed E-state index contributed by atoms with van der Waals surface area (Å²) in [6.45, 7) is 5.05. The molecule has 0 aliphatic heterocycles. The Hall–Kier alpha value is -2.74. The van der Waals surface area contributed by atoms with Gasteiger partial charge in [0.05, 0.1) is 5.69 Å². The molecular formula is C35H40N4NaO3. The number of benzene rings is 2. The number of rotatable bonds is 9. The second-order valence-corrected chi connectivity index (χ2v) is 13.4. The molecule has 1 radical (unpaired) electrons. The third kappa shape index (κ3) is 6.01. The first-order valence-corrected chi connectivity index (χ1v) is 15.7. The molecule has 0 saturated heterocycles. The Labute approximate surface area is 274 Å². The van der Waals surface area contributed by atoms with Crippen LogP contribution in [-0.4, -0.2) is 49.2 Å². The summed E-state index contributed by atoms with van der Waals surface area (Å²) in [5.74, 6) is 3.29. The molecule has 2 heterocycles. The summed E-state index contributed by atoms with van der Waals surface area (Å²) in [5.41, 5.74) is 6.10. The zero-order chi connectivity index (χ0) is 28.8. The van der Waals surface area contributed by atoms with Gasteiger partial charge in [-0.3, -0.25) is 18.9 Å². The minimum Gasteiger partial charge on any atom is -0.296 e. The minimum atomic E-state index is -0.574. The summed E-state index contributed by atoms with van der Waals surface area (Å²) in [6, 6.07) is 16.2. The molecule has 2 aromatic carbocycles. The van der Waals surface area contributed by atoms with Gasteiger partial charge in [0.2, 0.25) is 0 Å². The third-order valence-corrected chi connectivity index (χ3v) is 10.2. The van der Waals surface area contributed by atoms with Crippen molar-refractivity contribution in [3.8, 4) is 22.5 Å². The van der Waals surface area contributed by atoms with Gasteiger partial charge in [-0.05, 0) is 98.1 Å². The number of nitrogens with zero attached hydrogens (tertiary/aromatic N) is 3. The third-order valence-electron chi connectivity index (χ3n) is 10.2. The van der Waals surface area contributed by atoms with Gasteiger partial charge in [0.15, 0.2) is 5.82 Å². The number of H-pyrrole nitrogens is 1. The van der Waals surface area contributed by atoms with Crippen molar-refractivity contribution in [3.63, 3.8) is 0 Å². The van der Waals surface area contributed by atoms with Crippen molar-refractivity contribution < 1.29 is 4.52 Å². The standard InChI is InChI=1S/C35H40N4O3.Na/c1-3-4-9-31-30(33(40)39(22(2)36-31)21-35-18-24-14-25(19-35)16-26(15-24)20-35)17-23-10-12-27(13-11-23)28-7-5-6-8-29(28)32-37-34(41)42-38-32;/h5-8,10-13,24-26H,3-4,9,14-21H2,1-2H3,(H,37,38,41);. The fourth-order valence-corrected chi connectivity index (χ4v) is 8.78. The van der Waals surface area contributed by atoms with Crippen LogP contribution >= 0.6 is 0 Å². The molecular weight excluding hydrogens is 547 g/mol. The van der Waals surface area contributed by atoms with Crippen LogP contribution in [0.25, 0.3) is 22.5 Å². The van der Waals surface area contributed by atoms with Crippen molar-refractivity contribution in [1.29, 1.82) is 0 Å². The van der Waals surface area contributed by atoms with Gasteiger partial charge in [0.1, 0.15) is 5.82 Å². The van der Waals surface area contributed by atoms with E-state index in [0.29, 0.717) is 12.2 Å². The Morgan fingerprint density at radius 3 is 2.21 bits per heavy atom. The van der Waals surface area contributed by atoms with E-state index < -0.39 is 5.76 Å². The maximum atomic E-state index is 14.3. The van der Waals surface area contributed by atoms with Gasteiger partial charge in [-0.1, -0.05) is 67.0 Å². The van der Waals surface area contributed by atoms with Crippen molar-refractivity contribution in [2.75, 3.05) is 0 Å². The van der Waals surface area contributed by atoms with Crippen molar-refractivity contribution >= 4 is 29.6 Å². The monoisotopic (exact) mass is 587 g/mol. The fourth-order valence-electron chi connectivity index (χ4n) is 8.78. The summed E-state index contributed by atoms with van der Waals surface area (Å²) >= 11 is 0. The van der Waals surface area contributed by atoms with E-state index in [1.54, 1.807) is 0 Å². The molecule has 0 amide bonds. The first-order chi connectivity index (χ1) is 20.4. The van der Waals surface area contributed by atoms with E-state index in [4.69, 9.17) is 9.51 Å². The molecule has 1 N–H and O–H groups in total. The molecule has 4 bridgehead atoms. The maximum Gasteiger partial charge on any atom is 0.439 e. The number of hydrogen-bond donors (Lipinski definition) is 1. The van der Waals surface area contributed by atoms with Crippen LogP contribution in [0.1, 0.15) is 80.9 Å². The summed E-state index contributed by atoms with van der Waals surface area (Å²) in [5, 5.41) is 3.88. The van der Waals surface area contributed by atoms with Crippen molar-refractivity contribution in [2.24, 2.45) is 23.2 Å². The van der Waals surface area contributed by atoms with Gasteiger partial charge in [0.25, 0.3) is 5.56 Å². The van der Waals surface area contributed by atoms with Crippen LogP contribution in [-0.2, 0) is 19.4 Å². The minimum absolute atomic E-state index is 0. The van der Waals surface area contributed by atoms with Crippen LogP contribution in [0.15, 0.2) is 62.6 Å². The van der Waals surface area contributed by atoms with Crippen molar-refractivity contribution in [3.05, 3.63) is 92.1 Å². The van der Waals surface area contributed by atoms with Crippen LogP contribution in [0, 0.1) is 30.1 Å². The van der Waals surface area contributed by atoms with Gasteiger partial charge < -0.3 is 0 Å². The molecule has 0 atom stereocenters. The molecule has 219 valence electrons. The molecule has 4 aliphatic carbocycles. The number of nitrogens with one attached hydrogen (secondary N) is 1. The molecule has 8 rings (SSSR count). The Bertz CT molecular complexity index is 1680. The van der Waals surface area contributed by atoms with Gasteiger partial charge >= 0.3 is 5.76 Å².